The van der Waals surface area contributed by atoms with E-state index in [2.05, 4.69) is 19.1 Å². The highest BCUT2D eigenvalue weighted by Crippen LogP contribution is 2.39. The summed E-state index contributed by atoms with van der Waals surface area (Å²) in [5, 5.41) is 20.9. The predicted molar refractivity (Wildman–Crippen MR) is 132 cm³/mol. The molecule has 0 spiro atoms. The van der Waals surface area contributed by atoms with Crippen LogP contribution >= 0.6 is 0 Å². The average Bonchev–Trinajstić information content (AvgIpc) is 2.74. The van der Waals surface area contributed by atoms with Crippen molar-refractivity contribution in [3.05, 3.63) is 29.3 Å². The van der Waals surface area contributed by atoms with Crippen LogP contribution in [0.5, 0.6) is 17.2 Å². The molecule has 0 aliphatic heterocycles. The van der Waals surface area contributed by atoms with Crippen LogP contribution in [0, 0.1) is 0 Å². The third-order valence-electron chi connectivity index (χ3n) is 5.84. The Morgan fingerprint density at radius 3 is 1.90 bits per heavy atom. The van der Waals surface area contributed by atoms with Crippen molar-refractivity contribution in [2.75, 3.05) is 21.2 Å². The summed E-state index contributed by atoms with van der Waals surface area (Å²) in [6.07, 6.45) is 22.0. The van der Waals surface area contributed by atoms with Gasteiger partial charge in [-0.05, 0) is 52.6 Å². The third-order valence-corrected chi connectivity index (χ3v) is 5.84. The van der Waals surface area contributed by atoms with Crippen molar-refractivity contribution in [3.8, 4) is 17.2 Å². The lowest BCUT2D eigenvalue weighted by molar-refractivity contribution is 0.353. The fourth-order valence-corrected chi connectivity index (χ4v) is 4.02. The largest absolute Gasteiger partial charge is 0.507 e. The summed E-state index contributed by atoms with van der Waals surface area (Å²) in [4.78, 5) is 2.01. The van der Waals surface area contributed by atoms with Crippen molar-refractivity contribution in [2.45, 2.75) is 103 Å². The summed E-state index contributed by atoms with van der Waals surface area (Å²) >= 11 is 0. The van der Waals surface area contributed by atoms with Crippen molar-refractivity contribution < 1.29 is 14.9 Å². The maximum Gasteiger partial charge on any atom is 0.164 e. The number of aromatic hydroxyl groups is 2. The molecule has 2 N–H and O–H groups in total. The zero-order valence-corrected chi connectivity index (χ0v) is 20.6. The van der Waals surface area contributed by atoms with Crippen LogP contribution in [0.2, 0.25) is 0 Å². The topological polar surface area (TPSA) is 52.9 Å². The van der Waals surface area contributed by atoms with E-state index in [1.54, 1.807) is 0 Å². The van der Waals surface area contributed by atoms with Gasteiger partial charge in [-0.2, -0.15) is 0 Å². The van der Waals surface area contributed by atoms with Gasteiger partial charge in [0.1, 0.15) is 5.75 Å². The van der Waals surface area contributed by atoms with Crippen LogP contribution < -0.4 is 4.74 Å². The Labute approximate surface area is 191 Å². The minimum absolute atomic E-state index is 0.176. The standard InChI is InChI=1S/C27H47NO3/c1-5-6-7-8-9-10-11-12-13-14-15-16-17-18-19-20-23-24(22-28(2)3)25(29)21-26(31-4)27(23)30/h10-11,21,29-30H,5-9,12-20,22H2,1-4H3/b11-10-. The molecule has 0 atom stereocenters. The van der Waals surface area contributed by atoms with Crippen molar-refractivity contribution in [2.24, 2.45) is 0 Å². The molecule has 0 fully saturated rings. The third kappa shape index (κ3) is 11.5. The van der Waals surface area contributed by atoms with Crippen LogP contribution in [0.15, 0.2) is 18.2 Å². The number of methoxy groups -OCH3 is 1. The smallest absolute Gasteiger partial charge is 0.164 e. The first kappa shape index (κ1) is 27.4. The molecule has 0 radical (unpaired) electrons. The van der Waals surface area contributed by atoms with Gasteiger partial charge in [0, 0.05) is 23.7 Å². The Hall–Kier alpha value is -1.68. The molecule has 0 amide bonds. The van der Waals surface area contributed by atoms with E-state index in [1.165, 1.54) is 83.8 Å². The Kier molecular flexibility index (Phi) is 15.0. The Balaban J connectivity index is 2.23. The molecule has 1 aromatic carbocycles. The van der Waals surface area contributed by atoms with E-state index in [1.807, 2.05) is 19.0 Å². The molecule has 0 unspecified atom stereocenters. The molecule has 1 aromatic rings. The zero-order valence-electron chi connectivity index (χ0n) is 20.6. The number of unbranched alkanes of at least 4 members (excludes halogenated alkanes) is 11. The van der Waals surface area contributed by atoms with E-state index in [0.29, 0.717) is 12.3 Å². The van der Waals surface area contributed by atoms with Crippen LogP contribution in [-0.2, 0) is 13.0 Å². The molecule has 0 saturated carbocycles. The monoisotopic (exact) mass is 433 g/mol. The van der Waals surface area contributed by atoms with E-state index >= 15 is 0 Å². The lowest BCUT2D eigenvalue weighted by Crippen LogP contribution is -2.13. The van der Waals surface area contributed by atoms with Crippen molar-refractivity contribution in [1.29, 1.82) is 0 Å². The molecule has 31 heavy (non-hydrogen) atoms. The molecule has 1 rings (SSSR count). The summed E-state index contributed by atoms with van der Waals surface area (Å²) in [7, 11) is 5.45. The molecule has 0 heterocycles. The number of hydrogen-bond acceptors (Lipinski definition) is 4. The number of allylic oxidation sites excluding steroid dienone is 2. The number of phenolic OH excluding ortho intramolecular Hbond substituents is 2. The van der Waals surface area contributed by atoms with E-state index < -0.39 is 0 Å². The van der Waals surface area contributed by atoms with Gasteiger partial charge in [-0.3, -0.25) is 0 Å². The van der Waals surface area contributed by atoms with E-state index in [9.17, 15) is 10.2 Å². The summed E-state index contributed by atoms with van der Waals surface area (Å²) in [5.41, 5.74) is 1.63. The molecule has 0 aliphatic carbocycles. The van der Waals surface area contributed by atoms with Gasteiger partial charge in [-0.1, -0.05) is 70.4 Å². The number of rotatable bonds is 18. The predicted octanol–water partition coefficient (Wildman–Crippen LogP) is 7.36. The highest BCUT2D eigenvalue weighted by Gasteiger charge is 2.18. The normalized spacial score (nSPS) is 11.6. The first-order valence-corrected chi connectivity index (χ1v) is 12.4. The number of hydrogen-bond donors (Lipinski definition) is 2. The van der Waals surface area contributed by atoms with Crippen LogP contribution in [-0.4, -0.2) is 36.3 Å². The highest BCUT2D eigenvalue weighted by atomic mass is 16.5. The number of phenols is 2. The second kappa shape index (κ2) is 16.9. The van der Waals surface area contributed by atoms with Crippen molar-refractivity contribution in [1.82, 2.24) is 4.90 Å². The highest BCUT2D eigenvalue weighted by molar-refractivity contribution is 5.56. The molecule has 178 valence electrons. The second-order valence-corrected chi connectivity index (χ2v) is 8.98. The number of nitrogens with zero attached hydrogens (tertiary/aromatic N) is 1. The van der Waals surface area contributed by atoms with Gasteiger partial charge in [0.15, 0.2) is 11.5 Å². The second-order valence-electron chi connectivity index (χ2n) is 8.98. The van der Waals surface area contributed by atoms with Crippen molar-refractivity contribution in [3.63, 3.8) is 0 Å². The number of ether oxygens (including phenoxy) is 1. The molecule has 0 aromatic heterocycles. The molecule has 4 heteroatoms. The molecule has 0 bridgehead atoms. The van der Waals surface area contributed by atoms with Gasteiger partial charge in [0.25, 0.3) is 0 Å². The van der Waals surface area contributed by atoms with E-state index in [0.717, 1.165) is 30.4 Å². The van der Waals surface area contributed by atoms with Crippen molar-refractivity contribution >= 4 is 0 Å². The Morgan fingerprint density at radius 1 is 0.806 bits per heavy atom. The van der Waals surface area contributed by atoms with Gasteiger partial charge in [0.2, 0.25) is 0 Å². The first-order valence-electron chi connectivity index (χ1n) is 12.4. The quantitative estimate of drug-likeness (QED) is 0.144. The molecule has 4 nitrogen and oxygen atoms in total. The summed E-state index contributed by atoms with van der Waals surface area (Å²) in [6, 6.07) is 1.51. The summed E-state index contributed by atoms with van der Waals surface area (Å²) in [6.45, 7) is 2.86. The number of benzene rings is 1. The summed E-state index contributed by atoms with van der Waals surface area (Å²) in [5.74, 6) is 0.731. The minimum atomic E-state index is 0.176. The SMILES string of the molecule is CCCCCC/C=C\CCCCCCCCCc1c(O)c(OC)cc(O)c1CN(C)C. The fourth-order valence-electron chi connectivity index (χ4n) is 4.02. The Bertz CT molecular complexity index is 625. The van der Waals surface area contributed by atoms with Gasteiger partial charge < -0.3 is 19.8 Å². The lowest BCUT2D eigenvalue weighted by Gasteiger charge is -2.19. The molecule has 0 aliphatic rings. The van der Waals surface area contributed by atoms with Crippen LogP contribution in [0.25, 0.3) is 0 Å². The van der Waals surface area contributed by atoms with E-state index in [4.69, 9.17) is 4.74 Å². The molecule has 0 saturated heterocycles. The Morgan fingerprint density at radius 2 is 1.35 bits per heavy atom. The van der Waals surface area contributed by atoms with Gasteiger partial charge >= 0.3 is 0 Å². The average molecular weight is 434 g/mol. The van der Waals surface area contributed by atoms with E-state index in [-0.39, 0.29) is 11.5 Å². The van der Waals surface area contributed by atoms with Crippen LogP contribution in [0.1, 0.15) is 102 Å². The zero-order chi connectivity index (χ0) is 22.9. The lowest BCUT2D eigenvalue weighted by atomic mass is 9.97. The van der Waals surface area contributed by atoms with Gasteiger partial charge in [-0.15, -0.1) is 0 Å². The first-order chi connectivity index (χ1) is 15.0. The van der Waals surface area contributed by atoms with Gasteiger partial charge in [0.05, 0.1) is 7.11 Å². The molecular formula is C27H47NO3. The van der Waals surface area contributed by atoms with Crippen LogP contribution in [0.3, 0.4) is 0 Å². The van der Waals surface area contributed by atoms with Gasteiger partial charge in [-0.25, -0.2) is 0 Å². The maximum absolute atomic E-state index is 10.6. The fraction of sp³-hybridized carbons (Fsp3) is 0.704. The maximum atomic E-state index is 10.6. The molecular weight excluding hydrogens is 386 g/mol. The summed E-state index contributed by atoms with van der Waals surface area (Å²) < 4.78 is 5.23. The van der Waals surface area contributed by atoms with Crippen LogP contribution in [0.4, 0.5) is 0 Å². The minimum Gasteiger partial charge on any atom is -0.507 e.